The first kappa shape index (κ1) is 15.9. The maximum absolute atomic E-state index is 4.66. The van der Waals surface area contributed by atoms with E-state index >= 15 is 0 Å². The first-order valence-electron chi connectivity index (χ1n) is 7.53. The van der Waals surface area contributed by atoms with Crippen LogP contribution in [0.5, 0.6) is 0 Å². The average molecular weight is 371 g/mol. The van der Waals surface area contributed by atoms with E-state index in [9.17, 15) is 0 Å². The van der Waals surface area contributed by atoms with E-state index in [1.165, 1.54) is 0 Å². The van der Waals surface area contributed by atoms with Gasteiger partial charge in [-0.3, -0.25) is 0 Å². The summed E-state index contributed by atoms with van der Waals surface area (Å²) < 4.78 is 3.23. The number of para-hydroxylation sites is 2. The van der Waals surface area contributed by atoms with Crippen LogP contribution in [-0.2, 0) is 6.54 Å². The summed E-state index contributed by atoms with van der Waals surface area (Å²) in [7, 11) is 4.15. The molecule has 1 aromatic heterocycles. The zero-order valence-electron chi connectivity index (χ0n) is 13.3. The topological polar surface area (TPSA) is 33.4 Å². The van der Waals surface area contributed by atoms with Crippen molar-refractivity contribution in [1.29, 1.82) is 0 Å². The van der Waals surface area contributed by atoms with Crippen LogP contribution in [0, 0.1) is 0 Å². The third-order valence-electron chi connectivity index (χ3n) is 3.60. The molecule has 4 nitrogen and oxygen atoms in total. The Morgan fingerprint density at radius 2 is 1.87 bits per heavy atom. The number of rotatable bonds is 5. The molecule has 118 valence electrons. The molecule has 0 aliphatic heterocycles. The van der Waals surface area contributed by atoms with Gasteiger partial charge in [0.1, 0.15) is 0 Å². The molecule has 3 rings (SSSR count). The van der Waals surface area contributed by atoms with Crippen LogP contribution in [0.2, 0.25) is 0 Å². The van der Waals surface area contributed by atoms with Crippen LogP contribution >= 0.6 is 15.9 Å². The summed E-state index contributed by atoms with van der Waals surface area (Å²) in [5.74, 6) is 0.746. The Bertz CT molecular complexity index is 819. The molecule has 0 N–H and O–H groups in total. The van der Waals surface area contributed by atoms with Crippen molar-refractivity contribution in [2.45, 2.75) is 6.54 Å². The van der Waals surface area contributed by atoms with E-state index in [-0.39, 0.29) is 0 Å². The van der Waals surface area contributed by atoms with Crippen LogP contribution in [0.3, 0.4) is 0 Å². The van der Waals surface area contributed by atoms with Gasteiger partial charge in [-0.15, -0.1) is 0 Å². The third kappa shape index (κ3) is 3.86. The fraction of sp³-hybridized carbons (Fsp3) is 0.222. The molecular formula is C18H19BrN4. The standard InChI is InChI=1S/C18H19BrN4/c1-22(2)11-12-23-17-6-4-3-5-16(17)21-18(23)20-13-14-7-9-15(19)10-8-14/h3-10,13H,11-12H2,1-2H3/b20-13+. The van der Waals surface area contributed by atoms with Gasteiger partial charge in [0.2, 0.25) is 5.95 Å². The second-order valence-corrected chi connectivity index (χ2v) is 6.58. The van der Waals surface area contributed by atoms with Crippen LogP contribution in [-0.4, -0.2) is 41.3 Å². The number of benzene rings is 2. The highest BCUT2D eigenvalue weighted by molar-refractivity contribution is 9.10. The molecule has 3 aromatic rings. The Balaban J connectivity index is 1.95. The number of hydrogen-bond acceptors (Lipinski definition) is 3. The van der Waals surface area contributed by atoms with Gasteiger partial charge in [-0.1, -0.05) is 40.2 Å². The normalized spacial score (nSPS) is 11.8. The van der Waals surface area contributed by atoms with Crippen LogP contribution < -0.4 is 0 Å². The van der Waals surface area contributed by atoms with Gasteiger partial charge in [0.05, 0.1) is 11.0 Å². The Morgan fingerprint density at radius 1 is 1.13 bits per heavy atom. The molecule has 0 saturated carbocycles. The minimum absolute atomic E-state index is 0.746. The monoisotopic (exact) mass is 370 g/mol. The highest BCUT2D eigenvalue weighted by Gasteiger charge is 2.09. The van der Waals surface area contributed by atoms with Crippen molar-refractivity contribution >= 4 is 39.1 Å². The van der Waals surface area contributed by atoms with E-state index in [4.69, 9.17) is 0 Å². The van der Waals surface area contributed by atoms with E-state index in [2.05, 4.69) is 55.5 Å². The highest BCUT2D eigenvalue weighted by atomic mass is 79.9. The Kier molecular flexibility index (Phi) is 4.88. The molecule has 0 bridgehead atoms. The second-order valence-electron chi connectivity index (χ2n) is 5.67. The molecule has 5 heteroatoms. The fourth-order valence-electron chi connectivity index (χ4n) is 2.36. The van der Waals surface area contributed by atoms with Gasteiger partial charge in [-0.25, -0.2) is 9.98 Å². The maximum atomic E-state index is 4.66. The van der Waals surface area contributed by atoms with Crippen molar-refractivity contribution in [2.24, 2.45) is 4.99 Å². The van der Waals surface area contributed by atoms with Gasteiger partial charge < -0.3 is 9.47 Å². The van der Waals surface area contributed by atoms with Gasteiger partial charge >= 0.3 is 0 Å². The number of aromatic nitrogens is 2. The molecule has 0 aliphatic carbocycles. The van der Waals surface area contributed by atoms with Crippen molar-refractivity contribution in [1.82, 2.24) is 14.5 Å². The molecule has 1 heterocycles. The van der Waals surface area contributed by atoms with Gasteiger partial charge in [0, 0.05) is 23.8 Å². The lowest BCUT2D eigenvalue weighted by Crippen LogP contribution is -2.18. The van der Waals surface area contributed by atoms with Crippen molar-refractivity contribution in [3.05, 3.63) is 58.6 Å². The minimum Gasteiger partial charge on any atom is -0.308 e. The first-order valence-corrected chi connectivity index (χ1v) is 8.32. The number of fused-ring (bicyclic) bond motifs is 1. The molecule has 23 heavy (non-hydrogen) atoms. The van der Waals surface area contributed by atoms with E-state index in [0.717, 1.165) is 40.1 Å². The number of nitrogens with zero attached hydrogens (tertiary/aromatic N) is 4. The molecule has 0 atom stereocenters. The van der Waals surface area contributed by atoms with Gasteiger partial charge in [0.25, 0.3) is 0 Å². The zero-order valence-corrected chi connectivity index (χ0v) is 14.9. The van der Waals surface area contributed by atoms with E-state index < -0.39 is 0 Å². The average Bonchev–Trinajstić information content (AvgIpc) is 2.90. The van der Waals surface area contributed by atoms with Crippen LogP contribution in [0.4, 0.5) is 5.95 Å². The number of aliphatic imine (C=N–C) groups is 1. The van der Waals surface area contributed by atoms with Crippen LogP contribution in [0.1, 0.15) is 5.56 Å². The van der Waals surface area contributed by atoms with Crippen molar-refractivity contribution in [3.63, 3.8) is 0 Å². The quantitative estimate of drug-likeness (QED) is 0.633. The van der Waals surface area contributed by atoms with E-state index in [1.807, 2.05) is 48.7 Å². The van der Waals surface area contributed by atoms with E-state index in [0.29, 0.717) is 0 Å². The Morgan fingerprint density at radius 3 is 2.61 bits per heavy atom. The van der Waals surface area contributed by atoms with Crippen LogP contribution in [0.15, 0.2) is 58.0 Å². The molecule has 0 fully saturated rings. The largest absolute Gasteiger partial charge is 0.308 e. The minimum atomic E-state index is 0.746. The first-order chi connectivity index (χ1) is 11.1. The summed E-state index contributed by atoms with van der Waals surface area (Å²) >= 11 is 3.44. The molecule has 0 radical (unpaired) electrons. The molecule has 0 aliphatic rings. The summed E-state index contributed by atoms with van der Waals surface area (Å²) in [6.45, 7) is 1.81. The lowest BCUT2D eigenvalue weighted by Gasteiger charge is -2.11. The van der Waals surface area contributed by atoms with Crippen molar-refractivity contribution in [2.75, 3.05) is 20.6 Å². The SMILES string of the molecule is CN(C)CCn1c(/N=C/c2ccc(Br)cc2)nc2ccccc21. The number of hydrogen-bond donors (Lipinski definition) is 0. The smallest absolute Gasteiger partial charge is 0.230 e. The Labute approximate surface area is 144 Å². The van der Waals surface area contributed by atoms with Crippen molar-refractivity contribution < 1.29 is 0 Å². The predicted octanol–water partition coefficient (Wildman–Crippen LogP) is 4.11. The second kappa shape index (κ2) is 7.06. The van der Waals surface area contributed by atoms with Crippen LogP contribution in [0.25, 0.3) is 11.0 Å². The molecule has 0 unspecified atom stereocenters. The molecule has 0 saturated heterocycles. The Hall–Kier alpha value is -1.98. The summed E-state index contributed by atoms with van der Waals surface area (Å²) in [6.07, 6.45) is 1.86. The van der Waals surface area contributed by atoms with Gasteiger partial charge in [-0.05, 0) is 43.9 Å². The maximum Gasteiger partial charge on any atom is 0.230 e. The molecular weight excluding hydrogens is 352 g/mol. The van der Waals surface area contributed by atoms with Gasteiger partial charge in [-0.2, -0.15) is 0 Å². The predicted molar refractivity (Wildman–Crippen MR) is 99.7 cm³/mol. The third-order valence-corrected chi connectivity index (χ3v) is 4.13. The lowest BCUT2D eigenvalue weighted by atomic mass is 10.2. The number of imidazole rings is 1. The molecule has 0 spiro atoms. The summed E-state index contributed by atoms with van der Waals surface area (Å²) in [5.41, 5.74) is 3.16. The molecule has 2 aromatic carbocycles. The summed E-state index contributed by atoms with van der Waals surface area (Å²) in [5, 5.41) is 0. The van der Waals surface area contributed by atoms with E-state index in [1.54, 1.807) is 0 Å². The molecule has 0 amide bonds. The van der Waals surface area contributed by atoms with Gasteiger partial charge in [0.15, 0.2) is 0 Å². The summed E-state index contributed by atoms with van der Waals surface area (Å²) in [6, 6.07) is 16.2. The summed E-state index contributed by atoms with van der Waals surface area (Å²) in [4.78, 5) is 11.4. The highest BCUT2D eigenvalue weighted by Crippen LogP contribution is 2.21. The number of likely N-dealkylation sites (N-methyl/N-ethyl adjacent to an activating group) is 1. The fourth-order valence-corrected chi connectivity index (χ4v) is 2.63. The van der Waals surface area contributed by atoms with Crippen molar-refractivity contribution in [3.8, 4) is 0 Å². The zero-order chi connectivity index (χ0) is 16.2. The number of halogens is 1. The lowest BCUT2D eigenvalue weighted by molar-refractivity contribution is 0.387.